The molecule has 10 heavy (non-hydrogen) atoms. The summed E-state index contributed by atoms with van der Waals surface area (Å²) in [7, 11) is 3.25. The maximum atomic E-state index is 10.5. The van der Waals surface area contributed by atoms with Gasteiger partial charge in [0.15, 0.2) is 0 Å². The van der Waals surface area contributed by atoms with Gasteiger partial charge < -0.3 is 0 Å². The Balaban J connectivity index is 4.23. The number of amides is 2. The smallest absolute Gasteiger partial charge is 0.248 e. The van der Waals surface area contributed by atoms with E-state index in [2.05, 4.69) is 5.22 Å². The van der Waals surface area contributed by atoms with Crippen molar-refractivity contribution in [2.24, 2.45) is 5.22 Å². The fraction of sp³-hybridized carbons (Fsp3) is 0.600. The third-order valence-electron chi connectivity index (χ3n) is 0.698. The second kappa shape index (κ2) is 3.71. The van der Waals surface area contributed by atoms with Gasteiger partial charge in [-0.25, -0.2) is 9.59 Å². The third-order valence-corrected chi connectivity index (χ3v) is 0.698. The van der Waals surface area contributed by atoms with Crippen molar-refractivity contribution in [3.8, 4) is 0 Å². The summed E-state index contributed by atoms with van der Waals surface area (Å²) in [4.78, 5) is 20.6. The zero-order valence-corrected chi connectivity index (χ0v) is 6.24. The Labute approximate surface area is 58.9 Å². The molecule has 0 aromatic rings. The summed E-state index contributed by atoms with van der Waals surface area (Å²) in [6.07, 6.45) is 0.363. The predicted molar refractivity (Wildman–Crippen MR) is 33.1 cm³/mol. The molecule has 5 heteroatoms. The van der Waals surface area contributed by atoms with Crippen LogP contribution in [0.4, 0.5) is 0 Å². The van der Waals surface area contributed by atoms with Crippen molar-refractivity contribution in [1.82, 2.24) is 5.01 Å². The number of hydrogen-bond acceptors (Lipinski definition) is 3. The maximum Gasteiger partial charge on any atom is 0.334 e. The summed E-state index contributed by atoms with van der Waals surface area (Å²) >= 11 is 0. The lowest BCUT2D eigenvalue weighted by Crippen LogP contribution is -2.22. The molecule has 0 aliphatic rings. The number of rotatable bonds is 2. The molecular formula is C5H10N3O2+. The van der Waals surface area contributed by atoms with E-state index in [0.717, 1.165) is 5.01 Å². The normalized spacial score (nSPS) is 8.30. The molecule has 0 atom stereocenters. The van der Waals surface area contributed by atoms with Gasteiger partial charge in [-0.05, 0) is 5.01 Å². The minimum Gasteiger partial charge on any atom is -0.248 e. The van der Waals surface area contributed by atoms with Gasteiger partial charge in [-0.2, -0.15) is 4.70 Å². The van der Waals surface area contributed by atoms with Crippen LogP contribution < -0.4 is 0 Å². The molecule has 0 rings (SSSR count). The van der Waals surface area contributed by atoms with Crippen LogP contribution in [0.25, 0.3) is 0 Å². The molecule has 0 aliphatic heterocycles. The average Bonchev–Trinajstić information content (AvgIpc) is 1.81. The number of carbonyl (C=O) groups is 2. The first-order chi connectivity index (χ1) is 4.57. The lowest BCUT2D eigenvalue weighted by molar-refractivity contribution is -0.548. The molecule has 0 N–H and O–H groups in total. The van der Waals surface area contributed by atoms with Crippen molar-refractivity contribution < 1.29 is 14.3 Å². The van der Waals surface area contributed by atoms with Gasteiger partial charge in [-0.1, -0.05) is 0 Å². The molecule has 0 unspecified atom stereocenters. The summed E-state index contributed by atoms with van der Waals surface area (Å²) in [6.45, 7) is 1.27. The van der Waals surface area contributed by atoms with Gasteiger partial charge in [0, 0.05) is 6.92 Å². The first kappa shape index (κ1) is 8.74. The second-order valence-electron chi connectivity index (χ2n) is 1.91. The molecule has 0 heterocycles. The van der Waals surface area contributed by atoms with Crippen LogP contribution in [0.2, 0.25) is 0 Å². The van der Waals surface area contributed by atoms with Gasteiger partial charge in [0.25, 0.3) is 0 Å². The standard InChI is InChI=1S/C5H10N3O2/c1-5(10)8(4-9)6-7(2)3/h4H,1-3H3/q+1. The maximum absolute atomic E-state index is 10.5. The molecule has 56 valence electrons. The van der Waals surface area contributed by atoms with Crippen molar-refractivity contribution >= 4 is 12.3 Å². The van der Waals surface area contributed by atoms with Crippen LogP contribution in [0, 0.1) is 0 Å². The summed E-state index contributed by atoms with van der Waals surface area (Å²) in [6, 6.07) is 0. The molecule has 0 aliphatic carbocycles. The fourth-order valence-corrected chi connectivity index (χ4v) is 0.351. The van der Waals surface area contributed by atoms with Gasteiger partial charge in [0.1, 0.15) is 0 Å². The van der Waals surface area contributed by atoms with E-state index >= 15 is 0 Å². The Hall–Kier alpha value is -1.26. The van der Waals surface area contributed by atoms with E-state index in [1.165, 1.54) is 11.6 Å². The van der Waals surface area contributed by atoms with Crippen LogP contribution in [0.15, 0.2) is 5.22 Å². The summed E-state index contributed by atoms with van der Waals surface area (Å²) in [5, 5.41) is 4.27. The summed E-state index contributed by atoms with van der Waals surface area (Å²) in [5.74, 6) is -0.399. The average molecular weight is 144 g/mol. The minimum absolute atomic E-state index is 0.363. The SMILES string of the molecule is CC(=O)N(C=O)N=[N+](C)C. The van der Waals surface area contributed by atoms with Gasteiger partial charge in [0.05, 0.1) is 19.3 Å². The van der Waals surface area contributed by atoms with E-state index in [1.807, 2.05) is 0 Å². The molecule has 0 bridgehead atoms. The van der Waals surface area contributed by atoms with Crippen LogP contribution in [0.5, 0.6) is 0 Å². The van der Waals surface area contributed by atoms with E-state index in [0.29, 0.717) is 6.41 Å². The van der Waals surface area contributed by atoms with Crippen LogP contribution in [-0.4, -0.2) is 36.1 Å². The third kappa shape index (κ3) is 2.91. The van der Waals surface area contributed by atoms with E-state index < -0.39 is 5.91 Å². The first-order valence-corrected chi connectivity index (χ1v) is 2.72. The summed E-state index contributed by atoms with van der Waals surface area (Å²) in [5.41, 5.74) is 0. The highest BCUT2D eigenvalue weighted by Gasteiger charge is 2.12. The highest BCUT2D eigenvalue weighted by atomic mass is 16.2. The molecule has 0 fully saturated rings. The quantitative estimate of drug-likeness (QED) is 0.230. The van der Waals surface area contributed by atoms with Crippen LogP contribution in [0.1, 0.15) is 6.92 Å². The van der Waals surface area contributed by atoms with Gasteiger partial charge in [-0.15, -0.1) is 0 Å². The van der Waals surface area contributed by atoms with Gasteiger partial charge >= 0.3 is 12.3 Å². The second-order valence-corrected chi connectivity index (χ2v) is 1.91. The lowest BCUT2D eigenvalue weighted by Gasteiger charge is -1.94. The molecular weight excluding hydrogens is 134 g/mol. The summed E-state index contributed by atoms with van der Waals surface area (Å²) < 4.78 is 1.37. The predicted octanol–water partition coefficient (Wildman–Crippen LogP) is -0.369. The molecule has 5 nitrogen and oxygen atoms in total. The van der Waals surface area contributed by atoms with Crippen molar-refractivity contribution in [3.63, 3.8) is 0 Å². The van der Waals surface area contributed by atoms with Gasteiger partial charge in [0.2, 0.25) is 0 Å². The molecule has 0 radical (unpaired) electrons. The Morgan fingerprint density at radius 2 is 2.10 bits per heavy atom. The highest BCUT2D eigenvalue weighted by molar-refractivity contribution is 5.83. The number of nitrogens with zero attached hydrogens (tertiary/aromatic N) is 3. The largest absolute Gasteiger partial charge is 0.334 e. The van der Waals surface area contributed by atoms with Gasteiger partial charge in [-0.3, -0.25) is 0 Å². The first-order valence-electron chi connectivity index (χ1n) is 2.72. The Morgan fingerprint density at radius 1 is 1.60 bits per heavy atom. The fourth-order valence-electron chi connectivity index (χ4n) is 0.351. The molecule has 0 aromatic carbocycles. The zero-order valence-electron chi connectivity index (χ0n) is 6.24. The van der Waals surface area contributed by atoms with Crippen molar-refractivity contribution in [2.75, 3.05) is 14.1 Å². The lowest BCUT2D eigenvalue weighted by atomic mass is 10.7. The van der Waals surface area contributed by atoms with Crippen molar-refractivity contribution in [3.05, 3.63) is 0 Å². The van der Waals surface area contributed by atoms with Crippen molar-refractivity contribution in [2.45, 2.75) is 6.92 Å². The molecule has 0 saturated heterocycles. The molecule has 0 spiro atoms. The Kier molecular flexibility index (Phi) is 3.24. The Bertz CT molecular complexity index is 172. The minimum atomic E-state index is -0.399. The number of carbonyl (C=O) groups excluding carboxylic acids is 2. The number of imide groups is 1. The van der Waals surface area contributed by atoms with E-state index in [9.17, 15) is 9.59 Å². The number of hydrogen-bond donors (Lipinski definition) is 0. The van der Waals surface area contributed by atoms with Crippen LogP contribution in [-0.2, 0) is 9.59 Å². The zero-order chi connectivity index (χ0) is 8.15. The topological polar surface area (TPSA) is 52.8 Å². The van der Waals surface area contributed by atoms with E-state index in [-0.39, 0.29) is 0 Å². The monoisotopic (exact) mass is 144 g/mol. The molecule has 0 saturated carbocycles. The van der Waals surface area contributed by atoms with Crippen LogP contribution in [0.3, 0.4) is 0 Å². The highest BCUT2D eigenvalue weighted by Crippen LogP contribution is 1.83. The van der Waals surface area contributed by atoms with E-state index in [4.69, 9.17) is 0 Å². The van der Waals surface area contributed by atoms with E-state index in [1.54, 1.807) is 14.1 Å². The molecule has 0 aromatic heterocycles. The Morgan fingerprint density at radius 3 is 2.20 bits per heavy atom. The van der Waals surface area contributed by atoms with Crippen molar-refractivity contribution in [1.29, 1.82) is 0 Å². The van der Waals surface area contributed by atoms with Crippen LogP contribution >= 0.6 is 0 Å². The molecule has 2 amide bonds.